The number of rotatable bonds is 8. The van der Waals surface area contributed by atoms with E-state index in [9.17, 15) is 13.2 Å². The Kier molecular flexibility index (Phi) is 8.27. The van der Waals surface area contributed by atoms with Crippen LogP contribution in [0.4, 0.5) is 5.82 Å². The summed E-state index contributed by atoms with van der Waals surface area (Å²) in [5, 5.41) is 8.12. The van der Waals surface area contributed by atoms with Crippen LogP contribution in [0.5, 0.6) is 0 Å². The van der Waals surface area contributed by atoms with Gasteiger partial charge in [0.2, 0.25) is 0 Å². The molecule has 2 atom stereocenters. The molecule has 9 nitrogen and oxygen atoms in total. The SMILES string of the molecule is CCOC(=O)CC(c1ccc2c(ccn2-c2ccc(N3CCOCC3)nn2)c1)S(=O)(=O)C1C=C(Cl)C=C(Cl)C1. The second kappa shape index (κ2) is 11.7. The predicted octanol–water partition coefficient (Wildman–Crippen LogP) is 4.68. The monoisotopic (exact) mass is 590 g/mol. The fourth-order valence-electron chi connectivity index (χ4n) is 4.87. The van der Waals surface area contributed by atoms with Gasteiger partial charge in [0.1, 0.15) is 0 Å². The van der Waals surface area contributed by atoms with Crippen molar-refractivity contribution in [3.05, 3.63) is 70.4 Å². The molecule has 2 aliphatic rings. The zero-order valence-corrected chi connectivity index (χ0v) is 23.6. The van der Waals surface area contributed by atoms with Crippen LogP contribution in [0.15, 0.2) is 64.8 Å². The van der Waals surface area contributed by atoms with Crippen LogP contribution in [0.1, 0.15) is 30.6 Å². The molecule has 1 saturated heterocycles. The molecule has 3 aromatic rings. The number of anilines is 1. The zero-order valence-electron chi connectivity index (χ0n) is 21.3. The molecule has 2 unspecified atom stereocenters. The van der Waals surface area contributed by atoms with Gasteiger partial charge >= 0.3 is 5.97 Å². The summed E-state index contributed by atoms with van der Waals surface area (Å²) in [7, 11) is -3.92. The van der Waals surface area contributed by atoms with Gasteiger partial charge in [-0.2, -0.15) is 0 Å². The van der Waals surface area contributed by atoms with Crippen LogP contribution in [0.25, 0.3) is 16.7 Å². The Morgan fingerprint density at radius 1 is 1.13 bits per heavy atom. The fourth-order valence-corrected chi connectivity index (χ4v) is 7.73. The van der Waals surface area contributed by atoms with E-state index >= 15 is 0 Å². The standard InChI is InChI=1S/C27H28Cl2N4O5S/c1-2-38-27(34)17-24(39(35,36)22-15-20(28)14-21(29)16-22)19-3-4-23-18(13-19)7-8-33(23)26-6-5-25(30-31-26)32-9-11-37-12-10-32/h3-8,13-15,22,24H,2,9-12,16-17H2,1H3. The minimum Gasteiger partial charge on any atom is -0.466 e. The van der Waals surface area contributed by atoms with Gasteiger partial charge in [0.25, 0.3) is 0 Å². The number of aromatic nitrogens is 3. The summed E-state index contributed by atoms with van der Waals surface area (Å²) in [6.07, 6.45) is 4.63. The van der Waals surface area contributed by atoms with E-state index in [0.29, 0.717) is 29.6 Å². The summed E-state index contributed by atoms with van der Waals surface area (Å²) in [5.41, 5.74) is 1.31. The number of fused-ring (bicyclic) bond motifs is 1. The van der Waals surface area contributed by atoms with Crippen molar-refractivity contribution in [3.8, 4) is 5.82 Å². The molecule has 0 saturated carbocycles. The molecule has 1 aliphatic heterocycles. The minimum absolute atomic E-state index is 0.0944. The molecular formula is C27H28Cl2N4O5S. The largest absolute Gasteiger partial charge is 0.466 e. The lowest BCUT2D eigenvalue weighted by atomic mass is 10.1. The summed E-state index contributed by atoms with van der Waals surface area (Å²) in [6, 6.07) is 11.0. The molecule has 2 aromatic heterocycles. The van der Waals surface area contributed by atoms with Crippen LogP contribution in [-0.2, 0) is 24.1 Å². The van der Waals surface area contributed by atoms with Crippen LogP contribution in [0.2, 0.25) is 0 Å². The zero-order chi connectivity index (χ0) is 27.6. The van der Waals surface area contributed by atoms with Gasteiger partial charge in [0, 0.05) is 41.2 Å². The number of esters is 1. The third kappa shape index (κ3) is 5.99. The number of hydrogen-bond acceptors (Lipinski definition) is 8. The summed E-state index contributed by atoms with van der Waals surface area (Å²) in [4.78, 5) is 14.6. The Balaban J connectivity index is 1.46. The number of ether oxygens (including phenoxy) is 2. The quantitative estimate of drug-likeness (QED) is 0.348. The topological polar surface area (TPSA) is 104 Å². The first-order chi connectivity index (χ1) is 18.8. The van der Waals surface area contributed by atoms with Gasteiger partial charge in [-0.15, -0.1) is 10.2 Å². The molecule has 0 N–H and O–H groups in total. The smallest absolute Gasteiger partial charge is 0.307 e. The first-order valence-electron chi connectivity index (χ1n) is 12.7. The number of halogens is 2. The van der Waals surface area contributed by atoms with Gasteiger partial charge in [0.05, 0.1) is 42.3 Å². The molecule has 1 aliphatic carbocycles. The number of allylic oxidation sites excluding steroid dienone is 3. The van der Waals surface area contributed by atoms with Gasteiger partial charge < -0.3 is 14.4 Å². The summed E-state index contributed by atoms with van der Waals surface area (Å²) < 4.78 is 40.0. The van der Waals surface area contributed by atoms with Crippen molar-refractivity contribution in [2.75, 3.05) is 37.8 Å². The summed E-state index contributed by atoms with van der Waals surface area (Å²) >= 11 is 12.3. The molecule has 0 bridgehead atoms. The molecule has 3 heterocycles. The van der Waals surface area contributed by atoms with E-state index in [1.54, 1.807) is 19.1 Å². The predicted molar refractivity (Wildman–Crippen MR) is 151 cm³/mol. The Morgan fingerprint density at radius 3 is 2.56 bits per heavy atom. The number of nitrogens with zero attached hydrogens (tertiary/aromatic N) is 4. The van der Waals surface area contributed by atoms with Gasteiger partial charge in [0.15, 0.2) is 21.5 Å². The molecule has 39 heavy (non-hydrogen) atoms. The third-order valence-electron chi connectivity index (χ3n) is 6.82. The van der Waals surface area contributed by atoms with Gasteiger partial charge in [-0.3, -0.25) is 9.36 Å². The number of benzene rings is 1. The Labute approximate surface area is 236 Å². The molecule has 12 heteroatoms. The average molecular weight is 592 g/mol. The van der Waals surface area contributed by atoms with E-state index < -0.39 is 26.3 Å². The lowest BCUT2D eigenvalue weighted by Gasteiger charge is -2.27. The highest BCUT2D eigenvalue weighted by Gasteiger charge is 2.37. The van der Waals surface area contributed by atoms with Crippen LogP contribution >= 0.6 is 23.2 Å². The molecule has 0 amide bonds. The van der Waals surface area contributed by atoms with Crippen molar-refractivity contribution in [2.45, 2.75) is 30.3 Å². The van der Waals surface area contributed by atoms with E-state index in [1.807, 2.05) is 35.0 Å². The number of carbonyl (C=O) groups excluding carboxylic acids is 1. The molecule has 1 fully saturated rings. The Bertz CT molecular complexity index is 1530. The fraction of sp³-hybridized carbons (Fsp3) is 0.370. The maximum absolute atomic E-state index is 13.8. The second-order valence-electron chi connectivity index (χ2n) is 9.33. The normalized spacial score (nSPS) is 18.9. The molecule has 206 valence electrons. The van der Waals surface area contributed by atoms with Crippen molar-refractivity contribution in [1.29, 1.82) is 0 Å². The first-order valence-corrected chi connectivity index (χ1v) is 15.0. The number of sulfone groups is 1. The minimum atomic E-state index is -3.92. The molecule has 0 radical (unpaired) electrons. The average Bonchev–Trinajstić information content (AvgIpc) is 3.35. The van der Waals surface area contributed by atoms with E-state index in [4.69, 9.17) is 32.7 Å². The van der Waals surface area contributed by atoms with Crippen molar-refractivity contribution >= 4 is 55.7 Å². The van der Waals surface area contributed by atoms with Crippen molar-refractivity contribution in [1.82, 2.24) is 14.8 Å². The highest BCUT2D eigenvalue weighted by Crippen LogP contribution is 2.37. The second-order valence-corrected chi connectivity index (χ2v) is 12.6. The van der Waals surface area contributed by atoms with E-state index in [-0.39, 0.29) is 24.5 Å². The highest BCUT2D eigenvalue weighted by molar-refractivity contribution is 7.92. The van der Waals surface area contributed by atoms with Crippen molar-refractivity contribution in [2.24, 2.45) is 0 Å². The van der Waals surface area contributed by atoms with Crippen LogP contribution in [-0.4, -0.2) is 67.3 Å². The van der Waals surface area contributed by atoms with Gasteiger partial charge in [-0.25, -0.2) is 8.42 Å². The van der Waals surface area contributed by atoms with Gasteiger partial charge in [-0.1, -0.05) is 29.3 Å². The lowest BCUT2D eigenvalue weighted by molar-refractivity contribution is -0.143. The summed E-state index contributed by atoms with van der Waals surface area (Å²) in [6.45, 7) is 4.70. The lowest BCUT2D eigenvalue weighted by Crippen LogP contribution is -2.36. The summed E-state index contributed by atoms with van der Waals surface area (Å²) in [5.74, 6) is 0.834. The van der Waals surface area contributed by atoms with Crippen LogP contribution < -0.4 is 4.90 Å². The molecule has 5 rings (SSSR count). The Hall–Kier alpha value is -2.92. The highest BCUT2D eigenvalue weighted by atomic mass is 35.5. The van der Waals surface area contributed by atoms with Crippen LogP contribution in [0, 0.1) is 0 Å². The molecular weight excluding hydrogens is 563 g/mol. The maximum Gasteiger partial charge on any atom is 0.307 e. The van der Waals surface area contributed by atoms with Crippen molar-refractivity contribution in [3.63, 3.8) is 0 Å². The first kappa shape index (κ1) is 27.6. The molecule has 1 aromatic carbocycles. The number of carbonyl (C=O) groups is 1. The van der Waals surface area contributed by atoms with E-state index in [2.05, 4.69) is 15.1 Å². The van der Waals surface area contributed by atoms with Gasteiger partial charge in [-0.05, 0) is 55.0 Å². The van der Waals surface area contributed by atoms with E-state index in [0.717, 1.165) is 29.8 Å². The molecule has 0 spiro atoms. The number of hydrogen-bond donors (Lipinski definition) is 0. The van der Waals surface area contributed by atoms with Crippen LogP contribution in [0.3, 0.4) is 0 Å². The Morgan fingerprint density at radius 2 is 1.87 bits per heavy atom. The third-order valence-corrected chi connectivity index (χ3v) is 9.69. The van der Waals surface area contributed by atoms with E-state index in [1.165, 1.54) is 12.2 Å². The maximum atomic E-state index is 13.8. The van der Waals surface area contributed by atoms with Crippen molar-refractivity contribution < 1.29 is 22.7 Å². The number of morpholine rings is 1.